The zero-order valence-corrected chi connectivity index (χ0v) is 18.8. The molecule has 170 valence electrons. The van der Waals surface area contributed by atoms with Crippen LogP contribution in [0.4, 0.5) is 0 Å². The standard InChI is InChI=1S/C28H24N2O4/c1-19(23-11-13-26-27(17-23)33-15-14-32-26)29-30-28(31)22-8-6-20(7-9-22)18-34-25-12-10-21-4-2-3-5-24(21)16-25/h2-13,16-17H,14-15,18H2,1H3,(H,30,31). The smallest absolute Gasteiger partial charge is 0.271 e. The average Bonchev–Trinajstić information content (AvgIpc) is 2.90. The molecule has 0 bridgehead atoms. The summed E-state index contributed by atoms with van der Waals surface area (Å²) in [6.45, 7) is 3.32. The van der Waals surface area contributed by atoms with Crippen LogP contribution in [-0.2, 0) is 6.61 Å². The van der Waals surface area contributed by atoms with Crippen molar-refractivity contribution in [2.45, 2.75) is 13.5 Å². The van der Waals surface area contributed by atoms with Gasteiger partial charge < -0.3 is 14.2 Å². The highest BCUT2D eigenvalue weighted by Gasteiger charge is 2.13. The van der Waals surface area contributed by atoms with E-state index in [2.05, 4.69) is 22.7 Å². The van der Waals surface area contributed by atoms with Crippen molar-refractivity contribution in [2.75, 3.05) is 13.2 Å². The molecule has 1 amide bonds. The Balaban J connectivity index is 1.18. The van der Waals surface area contributed by atoms with E-state index in [1.54, 1.807) is 12.1 Å². The second-order valence-corrected chi connectivity index (χ2v) is 7.99. The maximum Gasteiger partial charge on any atom is 0.271 e. The Labute approximate surface area is 197 Å². The monoisotopic (exact) mass is 452 g/mol. The number of ether oxygens (including phenoxy) is 3. The van der Waals surface area contributed by atoms with Crippen molar-refractivity contribution in [1.82, 2.24) is 5.43 Å². The Morgan fingerprint density at radius 3 is 2.41 bits per heavy atom. The van der Waals surface area contributed by atoms with Gasteiger partial charge in [0.15, 0.2) is 11.5 Å². The molecule has 0 fully saturated rings. The minimum absolute atomic E-state index is 0.279. The molecule has 4 aromatic rings. The highest BCUT2D eigenvalue weighted by atomic mass is 16.6. The molecule has 0 saturated heterocycles. The Bertz CT molecular complexity index is 1360. The van der Waals surface area contributed by atoms with Gasteiger partial charge in [0.1, 0.15) is 25.6 Å². The summed E-state index contributed by atoms with van der Waals surface area (Å²) in [5, 5.41) is 6.55. The molecule has 0 aliphatic carbocycles. The van der Waals surface area contributed by atoms with Crippen LogP contribution in [0.5, 0.6) is 17.2 Å². The summed E-state index contributed by atoms with van der Waals surface area (Å²) in [4.78, 5) is 12.5. The second-order valence-electron chi connectivity index (χ2n) is 7.99. The van der Waals surface area contributed by atoms with Crippen molar-refractivity contribution in [2.24, 2.45) is 5.10 Å². The summed E-state index contributed by atoms with van der Waals surface area (Å²) >= 11 is 0. The van der Waals surface area contributed by atoms with Crippen LogP contribution < -0.4 is 19.6 Å². The van der Waals surface area contributed by atoms with E-state index in [-0.39, 0.29) is 5.91 Å². The molecule has 0 saturated carbocycles. The molecule has 1 aliphatic rings. The molecule has 1 heterocycles. The van der Waals surface area contributed by atoms with Crippen molar-refractivity contribution < 1.29 is 19.0 Å². The van der Waals surface area contributed by atoms with Crippen molar-refractivity contribution in [3.05, 3.63) is 102 Å². The number of hydrazone groups is 1. The zero-order chi connectivity index (χ0) is 23.3. The average molecular weight is 453 g/mol. The lowest BCUT2D eigenvalue weighted by atomic mass is 10.1. The van der Waals surface area contributed by atoms with Crippen LogP contribution in [0, 0.1) is 0 Å². The summed E-state index contributed by atoms with van der Waals surface area (Å²) in [6.07, 6.45) is 0. The van der Waals surface area contributed by atoms with E-state index in [0.717, 1.165) is 28.0 Å². The summed E-state index contributed by atoms with van der Waals surface area (Å²) in [7, 11) is 0. The fraction of sp³-hybridized carbons (Fsp3) is 0.143. The molecular weight excluding hydrogens is 428 g/mol. The van der Waals surface area contributed by atoms with E-state index in [4.69, 9.17) is 14.2 Å². The van der Waals surface area contributed by atoms with Crippen molar-refractivity contribution in [3.63, 3.8) is 0 Å². The quantitative estimate of drug-likeness (QED) is 0.317. The highest BCUT2D eigenvalue weighted by molar-refractivity contribution is 6.01. The lowest BCUT2D eigenvalue weighted by molar-refractivity contribution is 0.0954. The van der Waals surface area contributed by atoms with Crippen LogP contribution in [0.25, 0.3) is 10.8 Å². The fourth-order valence-electron chi connectivity index (χ4n) is 3.71. The van der Waals surface area contributed by atoms with Crippen LogP contribution in [0.3, 0.4) is 0 Å². The van der Waals surface area contributed by atoms with Crippen LogP contribution >= 0.6 is 0 Å². The van der Waals surface area contributed by atoms with Gasteiger partial charge in [0.2, 0.25) is 0 Å². The molecule has 6 nitrogen and oxygen atoms in total. The van der Waals surface area contributed by atoms with E-state index >= 15 is 0 Å². The zero-order valence-electron chi connectivity index (χ0n) is 18.8. The van der Waals surface area contributed by atoms with Crippen molar-refractivity contribution in [1.29, 1.82) is 0 Å². The number of fused-ring (bicyclic) bond motifs is 2. The molecule has 6 heteroatoms. The predicted molar refractivity (Wildman–Crippen MR) is 132 cm³/mol. The van der Waals surface area contributed by atoms with Gasteiger partial charge in [-0.05, 0) is 65.7 Å². The number of carbonyl (C=O) groups is 1. The van der Waals surface area contributed by atoms with Crippen LogP contribution in [-0.4, -0.2) is 24.8 Å². The van der Waals surface area contributed by atoms with Gasteiger partial charge in [-0.2, -0.15) is 5.10 Å². The third-order valence-electron chi connectivity index (χ3n) is 5.63. The summed E-state index contributed by atoms with van der Waals surface area (Å²) in [5.41, 5.74) is 5.64. The Hall–Kier alpha value is -4.32. The van der Waals surface area contributed by atoms with E-state index in [9.17, 15) is 4.79 Å². The van der Waals surface area contributed by atoms with E-state index in [1.165, 1.54) is 5.39 Å². The number of carbonyl (C=O) groups excluding carboxylic acids is 1. The molecule has 0 radical (unpaired) electrons. The minimum Gasteiger partial charge on any atom is -0.489 e. The Morgan fingerprint density at radius 1 is 0.853 bits per heavy atom. The van der Waals surface area contributed by atoms with Crippen LogP contribution in [0.2, 0.25) is 0 Å². The van der Waals surface area contributed by atoms with Gasteiger partial charge in [0.05, 0.1) is 5.71 Å². The van der Waals surface area contributed by atoms with Gasteiger partial charge in [0.25, 0.3) is 5.91 Å². The SMILES string of the molecule is CC(=NNC(=O)c1ccc(COc2ccc3ccccc3c2)cc1)c1ccc2c(c1)OCCO2. The van der Waals surface area contributed by atoms with Gasteiger partial charge in [-0.3, -0.25) is 4.79 Å². The van der Waals surface area contributed by atoms with E-state index in [1.807, 2.05) is 67.6 Å². The summed E-state index contributed by atoms with van der Waals surface area (Å²) < 4.78 is 17.1. The van der Waals surface area contributed by atoms with E-state index in [0.29, 0.717) is 36.8 Å². The molecule has 0 spiro atoms. The molecule has 4 aromatic carbocycles. The lowest BCUT2D eigenvalue weighted by Gasteiger charge is -2.18. The molecular formula is C28H24N2O4. The Kier molecular flexibility index (Phi) is 6.12. The molecule has 0 atom stereocenters. The van der Waals surface area contributed by atoms with Gasteiger partial charge in [-0.15, -0.1) is 0 Å². The molecule has 0 aromatic heterocycles. The molecule has 34 heavy (non-hydrogen) atoms. The van der Waals surface area contributed by atoms with Crippen LogP contribution in [0.1, 0.15) is 28.4 Å². The van der Waals surface area contributed by atoms with Gasteiger partial charge in [-0.1, -0.05) is 42.5 Å². The van der Waals surface area contributed by atoms with Gasteiger partial charge >= 0.3 is 0 Å². The van der Waals surface area contributed by atoms with Gasteiger partial charge in [0, 0.05) is 11.1 Å². The number of hydrogen-bond acceptors (Lipinski definition) is 5. The first-order chi connectivity index (χ1) is 16.7. The molecule has 1 N–H and O–H groups in total. The minimum atomic E-state index is -0.279. The number of benzene rings is 4. The first-order valence-electron chi connectivity index (χ1n) is 11.1. The molecule has 0 unspecified atom stereocenters. The lowest BCUT2D eigenvalue weighted by Crippen LogP contribution is -2.19. The Morgan fingerprint density at radius 2 is 1.59 bits per heavy atom. The third-order valence-corrected chi connectivity index (χ3v) is 5.63. The number of hydrogen-bond donors (Lipinski definition) is 1. The maximum atomic E-state index is 12.5. The first kappa shape index (κ1) is 21.5. The van der Waals surface area contributed by atoms with Crippen molar-refractivity contribution in [3.8, 4) is 17.2 Å². The van der Waals surface area contributed by atoms with Crippen LogP contribution in [0.15, 0.2) is 90.0 Å². The van der Waals surface area contributed by atoms with Crippen molar-refractivity contribution >= 4 is 22.4 Å². The number of amides is 1. The largest absolute Gasteiger partial charge is 0.489 e. The normalized spacial score (nSPS) is 12.9. The predicted octanol–water partition coefficient (Wildman–Crippen LogP) is 5.34. The fourth-order valence-corrected chi connectivity index (χ4v) is 3.71. The third kappa shape index (κ3) is 4.86. The number of rotatable bonds is 6. The maximum absolute atomic E-state index is 12.5. The highest BCUT2D eigenvalue weighted by Crippen LogP contribution is 2.31. The summed E-state index contributed by atoms with van der Waals surface area (Å²) in [5.74, 6) is 1.94. The second kappa shape index (κ2) is 9.67. The first-order valence-corrected chi connectivity index (χ1v) is 11.1. The van der Waals surface area contributed by atoms with E-state index < -0.39 is 0 Å². The molecule has 1 aliphatic heterocycles. The number of nitrogens with one attached hydrogen (secondary N) is 1. The topological polar surface area (TPSA) is 69.2 Å². The summed E-state index contributed by atoms with van der Waals surface area (Å²) in [6, 6.07) is 27.1. The molecule has 5 rings (SSSR count). The number of nitrogens with zero attached hydrogens (tertiary/aromatic N) is 1. The van der Waals surface area contributed by atoms with Gasteiger partial charge in [-0.25, -0.2) is 5.43 Å².